The molecule has 0 spiro atoms. The molecule has 3 atom stereocenters. The van der Waals surface area contributed by atoms with Gasteiger partial charge in [-0.05, 0) is 32.7 Å². The van der Waals surface area contributed by atoms with E-state index in [1.54, 1.807) is 0 Å². The van der Waals surface area contributed by atoms with Crippen molar-refractivity contribution in [3.63, 3.8) is 0 Å². The second-order valence-electron chi connectivity index (χ2n) is 7.94. The number of hydrogen-bond donors (Lipinski definition) is 8. The predicted octanol–water partition coefficient (Wildman–Crippen LogP) is -4.32. The monoisotopic (exact) mass is 517 g/mol. The number of rotatable bonds is 17. The molecule has 10 N–H and O–H groups in total. The van der Waals surface area contributed by atoms with E-state index in [0.717, 1.165) is 4.90 Å². The standard InChI is InChI=1S/C20H35N7O9/c1-11(22)19(34)27(2)10-16(30)23-8-14(28)26-13(7-17(31)32)18(33)24-9-15(29)25-12(20(35)36)5-3-4-6-21/h11-13H,3-10,21-22H2,1-2H3,(H,23,30)(H,24,33)(H,25,29)(H,26,28)(H,31,32)(H,35,36)/t11-,12-,13-/m0/s1. The Bertz CT molecular complexity index is 819. The van der Waals surface area contributed by atoms with Crippen LogP contribution in [0.25, 0.3) is 0 Å². The molecule has 204 valence electrons. The first-order chi connectivity index (χ1) is 16.8. The van der Waals surface area contributed by atoms with Gasteiger partial charge < -0.3 is 47.8 Å². The van der Waals surface area contributed by atoms with Crippen molar-refractivity contribution in [1.82, 2.24) is 26.2 Å². The molecule has 5 amide bonds. The maximum atomic E-state index is 12.3. The van der Waals surface area contributed by atoms with Crippen LogP contribution in [0.3, 0.4) is 0 Å². The Labute approximate surface area is 207 Å². The van der Waals surface area contributed by atoms with Crippen molar-refractivity contribution in [2.45, 2.75) is 50.7 Å². The third-order valence-electron chi connectivity index (χ3n) is 4.63. The molecule has 0 fully saturated rings. The number of likely N-dealkylation sites (N-methyl/N-ethyl adjacent to an activating group) is 1. The lowest BCUT2D eigenvalue weighted by molar-refractivity contribution is -0.142. The number of unbranched alkanes of at least 4 members (excludes halogenated alkanes) is 1. The van der Waals surface area contributed by atoms with Crippen LogP contribution in [0.2, 0.25) is 0 Å². The van der Waals surface area contributed by atoms with E-state index in [4.69, 9.17) is 16.6 Å². The molecule has 16 heteroatoms. The van der Waals surface area contributed by atoms with Crippen molar-refractivity contribution in [2.24, 2.45) is 11.5 Å². The molecule has 0 aliphatic rings. The summed E-state index contributed by atoms with van der Waals surface area (Å²) in [5.41, 5.74) is 10.8. The molecule has 0 saturated carbocycles. The Morgan fingerprint density at radius 2 is 1.42 bits per heavy atom. The van der Waals surface area contributed by atoms with Crippen LogP contribution in [0.15, 0.2) is 0 Å². The predicted molar refractivity (Wildman–Crippen MR) is 124 cm³/mol. The molecule has 0 aliphatic heterocycles. The highest BCUT2D eigenvalue weighted by atomic mass is 16.4. The first-order valence-electron chi connectivity index (χ1n) is 11.1. The molecule has 0 bridgehead atoms. The highest BCUT2D eigenvalue weighted by molar-refractivity contribution is 5.95. The number of hydrogen-bond acceptors (Lipinski definition) is 9. The normalized spacial score (nSPS) is 12.9. The number of nitrogens with one attached hydrogen (secondary N) is 4. The number of carboxylic acids is 2. The molecule has 0 radical (unpaired) electrons. The van der Waals surface area contributed by atoms with Gasteiger partial charge in [0.25, 0.3) is 0 Å². The van der Waals surface area contributed by atoms with Gasteiger partial charge in [0.2, 0.25) is 29.5 Å². The molecule has 0 aliphatic carbocycles. The van der Waals surface area contributed by atoms with Crippen LogP contribution in [0.4, 0.5) is 0 Å². The summed E-state index contributed by atoms with van der Waals surface area (Å²) in [6.45, 7) is 0.135. The van der Waals surface area contributed by atoms with Crippen molar-refractivity contribution >= 4 is 41.5 Å². The average molecular weight is 518 g/mol. The third kappa shape index (κ3) is 13.8. The number of aliphatic carboxylic acids is 2. The van der Waals surface area contributed by atoms with Crippen LogP contribution in [-0.2, 0) is 33.6 Å². The third-order valence-corrected chi connectivity index (χ3v) is 4.63. The van der Waals surface area contributed by atoms with Crippen LogP contribution in [0, 0.1) is 0 Å². The minimum Gasteiger partial charge on any atom is -0.481 e. The summed E-state index contributed by atoms with van der Waals surface area (Å²) in [4.78, 5) is 83.4. The van der Waals surface area contributed by atoms with E-state index in [2.05, 4.69) is 21.3 Å². The molecule has 0 unspecified atom stereocenters. The zero-order chi connectivity index (χ0) is 27.8. The van der Waals surface area contributed by atoms with Gasteiger partial charge in [0.1, 0.15) is 12.1 Å². The van der Waals surface area contributed by atoms with Crippen LogP contribution in [0.1, 0.15) is 32.6 Å². The molecule has 16 nitrogen and oxygen atoms in total. The summed E-state index contributed by atoms with van der Waals surface area (Å²) < 4.78 is 0. The number of nitrogens with zero attached hydrogens (tertiary/aromatic N) is 1. The number of nitrogens with two attached hydrogens (primary N) is 2. The van der Waals surface area contributed by atoms with Gasteiger partial charge in [0.15, 0.2) is 0 Å². The largest absolute Gasteiger partial charge is 0.481 e. The Hall–Kier alpha value is -3.79. The Balaban J connectivity index is 4.78. The minimum atomic E-state index is -1.58. The van der Waals surface area contributed by atoms with Crippen molar-refractivity contribution < 1.29 is 43.8 Å². The Morgan fingerprint density at radius 1 is 0.861 bits per heavy atom. The zero-order valence-electron chi connectivity index (χ0n) is 20.2. The summed E-state index contributed by atoms with van der Waals surface area (Å²) in [6, 6.07) is -3.60. The summed E-state index contributed by atoms with van der Waals surface area (Å²) in [6.07, 6.45) is 0.331. The first kappa shape index (κ1) is 32.2. The SMILES string of the molecule is C[C@H](N)C(=O)N(C)CC(=O)NCC(=O)N[C@@H](CC(=O)O)C(=O)NCC(=O)N[C@@H](CCCCN)C(=O)O. The van der Waals surface area contributed by atoms with E-state index in [1.165, 1.54) is 14.0 Å². The van der Waals surface area contributed by atoms with Crippen LogP contribution < -0.4 is 32.7 Å². The Kier molecular flexibility index (Phi) is 15.0. The van der Waals surface area contributed by atoms with E-state index in [-0.39, 0.29) is 13.0 Å². The van der Waals surface area contributed by atoms with Gasteiger partial charge in [0.05, 0.1) is 32.1 Å². The zero-order valence-corrected chi connectivity index (χ0v) is 20.2. The minimum absolute atomic E-state index is 0.130. The number of carbonyl (C=O) groups excluding carboxylic acids is 5. The lowest BCUT2D eigenvalue weighted by Crippen LogP contribution is -2.53. The van der Waals surface area contributed by atoms with Crippen molar-refractivity contribution in [1.29, 1.82) is 0 Å². The number of carboxylic acid groups (broad SMARTS) is 2. The highest BCUT2D eigenvalue weighted by Gasteiger charge is 2.25. The quantitative estimate of drug-likeness (QED) is 0.0855. The lowest BCUT2D eigenvalue weighted by atomic mass is 10.1. The molecule has 0 saturated heterocycles. The summed E-state index contributed by atoms with van der Waals surface area (Å²) in [7, 11) is 1.34. The summed E-state index contributed by atoms with van der Waals surface area (Å²) >= 11 is 0. The van der Waals surface area contributed by atoms with E-state index < -0.39 is 79.1 Å². The first-order valence-corrected chi connectivity index (χ1v) is 11.1. The smallest absolute Gasteiger partial charge is 0.326 e. The fourth-order valence-corrected chi connectivity index (χ4v) is 2.79. The summed E-state index contributed by atoms with van der Waals surface area (Å²) in [5, 5.41) is 26.9. The van der Waals surface area contributed by atoms with Gasteiger partial charge in [-0.1, -0.05) is 0 Å². The molecule has 0 heterocycles. The van der Waals surface area contributed by atoms with Crippen molar-refractivity contribution in [3.05, 3.63) is 0 Å². The van der Waals surface area contributed by atoms with E-state index in [1.807, 2.05) is 0 Å². The highest BCUT2D eigenvalue weighted by Crippen LogP contribution is 2.01. The molecule has 0 aromatic rings. The fraction of sp³-hybridized carbons (Fsp3) is 0.650. The topological polar surface area (TPSA) is 263 Å². The number of amides is 5. The van der Waals surface area contributed by atoms with Gasteiger partial charge in [-0.3, -0.25) is 28.8 Å². The van der Waals surface area contributed by atoms with Crippen molar-refractivity contribution in [2.75, 3.05) is 33.2 Å². The molecular formula is C20H35N7O9. The van der Waals surface area contributed by atoms with Crippen LogP contribution in [-0.4, -0.2) is 108 Å². The van der Waals surface area contributed by atoms with E-state index >= 15 is 0 Å². The average Bonchev–Trinajstić information content (AvgIpc) is 2.79. The maximum absolute atomic E-state index is 12.3. The summed E-state index contributed by atoms with van der Waals surface area (Å²) in [5.74, 6) is -6.63. The number of carbonyl (C=O) groups is 7. The molecule has 0 rings (SSSR count). The second-order valence-corrected chi connectivity index (χ2v) is 7.94. The molecule has 0 aromatic heterocycles. The van der Waals surface area contributed by atoms with Gasteiger partial charge >= 0.3 is 11.9 Å². The lowest BCUT2D eigenvalue weighted by Gasteiger charge is -2.19. The Morgan fingerprint density at radius 3 is 1.92 bits per heavy atom. The van der Waals surface area contributed by atoms with E-state index in [0.29, 0.717) is 19.4 Å². The fourth-order valence-electron chi connectivity index (χ4n) is 2.79. The van der Waals surface area contributed by atoms with E-state index in [9.17, 15) is 38.7 Å². The van der Waals surface area contributed by atoms with Crippen LogP contribution >= 0.6 is 0 Å². The second kappa shape index (κ2) is 16.8. The maximum Gasteiger partial charge on any atom is 0.326 e. The van der Waals surface area contributed by atoms with Gasteiger partial charge in [-0.2, -0.15) is 0 Å². The van der Waals surface area contributed by atoms with Crippen molar-refractivity contribution in [3.8, 4) is 0 Å². The molecular weight excluding hydrogens is 482 g/mol. The van der Waals surface area contributed by atoms with Gasteiger partial charge in [-0.25, -0.2) is 4.79 Å². The van der Waals surface area contributed by atoms with Gasteiger partial charge in [-0.15, -0.1) is 0 Å². The molecule has 36 heavy (non-hydrogen) atoms. The van der Waals surface area contributed by atoms with Crippen LogP contribution in [0.5, 0.6) is 0 Å². The van der Waals surface area contributed by atoms with Gasteiger partial charge in [0, 0.05) is 7.05 Å². The molecule has 0 aromatic carbocycles.